The number of anilines is 2. The fourth-order valence-corrected chi connectivity index (χ4v) is 3.09. The summed E-state index contributed by atoms with van der Waals surface area (Å²) in [4.78, 5) is 24.8. The zero-order valence-electron chi connectivity index (χ0n) is 15.9. The highest BCUT2D eigenvalue weighted by Crippen LogP contribution is 2.26. The molecule has 0 spiro atoms. The Kier molecular flexibility index (Phi) is 6.58. The molecule has 0 saturated carbocycles. The van der Waals surface area contributed by atoms with Gasteiger partial charge in [0.1, 0.15) is 0 Å². The summed E-state index contributed by atoms with van der Waals surface area (Å²) >= 11 is 0. The molecular weight excluding hydrogens is 348 g/mol. The second-order valence-electron chi connectivity index (χ2n) is 6.62. The Morgan fingerprint density at radius 3 is 1.64 bits per heavy atom. The third kappa shape index (κ3) is 5.07. The van der Waals surface area contributed by atoms with Crippen molar-refractivity contribution in [3.63, 3.8) is 0 Å². The predicted octanol–water partition coefficient (Wildman–Crippen LogP) is 5.20. The van der Waals surface area contributed by atoms with Gasteiger partial charge in [-0.1, -0.05) is 67.6 Å². The van der Waals surface area contributed by atoms with Gasteiger partial charge >= 0.3 is 0 Å². The minimum atomic E-state index is -0.397. The summed E-state index contributed by atoms with van der Waals surface area (Å²) in [7, 11) is 0. The second kappa shape index (κ2) is 9.51. The van der Waals surface area contributed by atoms with Crippen LogP contribution in [0.3, 0.4) is 0 Å². The molecule has 0 heterocycles. The van der Waals surface area contributed by atoms with Crippen molar-refractivity contribution < 1.29 is 9.59 Å². The summed E-state index contributed by atoms with van der Waals surface area (Å²) in [5.74, 6) is -0.501. The first-order valence-electron chi connectivity index (χ1n) is 9.48. The van der Waals surface area contributed by atoms with Crippen molar-refractivity contribution in [2.45, 2.75) is 25.7 Å². The smallest absolute Gasteiger partial charge is 0.236 e. The van der Waals surface area contributed by atoms with Crippen LogP contribution in [0.5, 0.6) is 0 Å². The molecule has 0 bridgehead atoms. The monoisotopic (exact) mass is 372 g/mol. The van der Waals surface area contributed by atoms with Crippen LogP contribution in [0, 0.1) is 0 Å². The van der Waals surface area contributed by atoms with Crippen molar-refractivity contribution in [3.8, 4) is 0 Å². The summed E-state index contributed by atoms with van der Waals surface area (Å²) in [5.41, 5.74) is 3.29. The van der Waals surface area contributed by atoms with Gasteiger partial charge in [-0.2, -0.15) is 0 Å². The number of hydrogen-bond acceptors (Lipinski definition) is 2. The summed E-state index contributed by atoms with van der Waals surface area (Å²) in [6.45, 7) is 1.97. The van der Waals surface area contributed by atoms with Gasteiger partial charge < -0.3 is 10.6 Å². The minimum Gasteiger partial charge on any atom is -0.326 e. The Morgan fingerprint density at radius 1 is 0.714 bits per heavy atom. The molecule has 0 aromatic heterocycles. The third-order valence-corrected chi connectivity index (χ3v) is 4.44. The Bertz CT molecular complexity index is 867. The zero-order chi connectivity index (χ0) is 19.8. The molecule has 3 aromatic rings. The van der Waals surface area contributed by atoms with Gasteiger partial charge in [0.2, 0.25) is 11.8 Å². The normalized spacial score (nSPS) is 10.5. The molecule has 0 atom stereocenters. The molecule has 0 radical (unpaired) electrons. The fourth-order valence-electron chi connectivity index (χ4n) is 3.09. The maximum Gasteiger partial charge on any atom is 0.236 e. The van der Waals surface area contributed by atoms with Gasteiger partial charge in [0.25, 0.3) is 0 Å². The van der Waals surface area contributed by atoms with E-state index >= 15 is 0 Å². The molecule has 0 unspecified atom stereocenters. The van der Waals surface area contributed by atoms with Gasteiger partial charge in [0, 0.05) is 17.8 Å². The maximum atomic E-state index is 13.1. The molecular formula is C24H24N2O2. The van der Waals surface area contributed by atoms with Gasteiger partial charge in [0.05, 0.1) is 5.92 Å². The molecule has 0 aliphatic heterocycles. The van der Waals surface area contributed by atoms with Crippen LogP contribution in [0.1, 0.15) is 36.8 Å². The van der Waals surface area contributed by atoms with Crippen LogP contribution < -0.4 is 10.6 Å². The van der Waals surface area contributed by atoms with E-state index in [1.54, 1.807) is 24.3 Å². The Hall–Kier alpha value is -3.40. The summed E-state index contributed by atoms with van der Waals surface area (Å²) < 4.78 is 0. The first kappa shape index (κ1) is 19.4. The second-order valence-corrected chi connectivity index (χ2v) is 6.62. The first-order chi connectivity index (χ1) is 13.7. The number of carbonyl (C=O) groups is 2. The van der Waals surface area contributed by atoms with Gasteiger partial charge in [-0.25, -0.2) is 0 Å². The van der Waals surface area contributed by atoms with Crippen molar-refractivity contribution in [1.29, 1.82) is 0 Å². The van der Waals surface area contributed by atoms with Crippen LogP contribution in [-0.2, 0) is 9.59 Å². The lowest BCUT2D eigenvalue weighted by Gasteiger charge is -2.18. The Morgan fingerprint density at radius 2 is 1.18 bits per heavy atom. The predicted molar refractivity (Wildman–Crippen MR) is 113 cm³/mol. The molecule has 3 rings (SSSR count). The molecule has 4 nitrogen and oxygen atoms in total. The van der Waals surface area contributed by atoms with Crippen molar-refractivity contribution >= 4 is 23.2 Å². The topological polar surface area (TPSA) is 58.2 Å². The minimum absolute atomic E-state index is 0.00694. The van der Waals surface area contributed by atoms with Gasteiger partial charge in [0.15, 0.2) is 0 Å². The molecule has 0 aliphatic carbocycles. The maximum absolute atomic E-state index is 13.1. The lowest BCUT2D eigenvalue weighted by Crippen LogP contribution is -2.22. The quantitative estimate of drug-likeness (QED) is 0.599. The van der Waals surface area contributed by atoms with E-state index in [1.807, 2.05) is 67.6 Å². The number of hydrogen-bond donors (Lipinski definition) is 2. The van der Waals surface area contributed by atoms with Gasteiger partial charge in [-0.3, -0.25) is 9.59 Å². The van der Waals surface area contributed by atoms with E-state index < -0.39 is 5.92 Å². The number of nitrogens with one attached hydrogen (secondary N) is 2. The van der Waals surface area contributed by atoms with E-state index in [4.69, 9.17) is 0 Å². The van der Waals surface area contributed by atoms with Crippen molar-refractivity contribution in [1.82, 2.24) is 0 Å². The van der Waals surface area contributed by atoms with E-state index in [9.17, 15) is 9.59 Å². The van der Waals surface area contributed by atoms with Crippen LogP contribution in [0.15, 0.2) is 84.9 Å². The number of amides is 2. The highest BCUT2D eigenvalue weighted by Gasteiger charge is 2.22. The highest BCUT2D eigenvalue weighted by atomic mass is 16.2. The average molecular weight is 372 g/mol. The van der Waals surface area contributed by atoms with Crippen molar-refractivity contribution in [2.75, 3.05) is 10.6 Å². The van der Waals surface area contributed by atoms with Crippen LogP contribution in [0.4, 0.5) is 11.4 Å². The lowest BCUT2D eigenvalue weighted by atomic mass is 9.90. The highest BCUT2D eigenvalue weighted by molar-refractivity contribution is 5.98. The molecule has 2 amide bonds. The van der Waals surface area contributed by atoms with Gasteiger partial charge in [-0.05, 0) is 41.8 Å². The Labute approximate surface area is 165 Å². The van der Waals surface area contributed by atoms with Crippen LogP contribution in [-0.4, -0.2) is 11.8 Å². The molecule has 0 fully saturated rings. The lowest BCUT2D eigenvalue weighted by molar-refractivity contribution is -0.117. The summed E-state index contributed by atoms with van der Waals surface area (Å²) in [5, 5.41) is 5.84. The molecule has 4 heteroatoms. The third-order valence-electron chi connectivity index (χ3n) is 4.44. The van der Waals surface area contributed by atoms with E-state index in [0.29, 0.717) is 12.1 Å². The molecule has 3 aromatic carbocycles. The standard InChI is InChI=1S/C24H24N2O2/c1-2-9-22(27)25-20-14-16-21(17-15-20)26-24(28)23(18-10-5-3-6-11-18)19-12-7-4-8-13-19/h3-8,10-17,23H,2,9H2,1H3,(H,25,27)(H,26,28). The van der Waals surface area contributed by atoms with Crippen LogP contribution in [0.2, 0.25) is 0 Å². The largest absolute Gasteiger partial charge is 0.326 e. The molecule has 0 aliphatic rings. The zero-order valence-corrected chi connectivity index (χ0v) is 15.9. The molecule has 2 N–H and O–H groups in total. The van der Waals surface area contributed by atoms with Gasteiger partial charge in [-0.15, -0.1) is 0 Å². The van der Waals surface area contributed by atoms with E-state index in [-0.39, 0.29) is 11.8 Å². The number of benzene rings is 3. The number of rotatable bonds is 7. The van der Waals surface area contributed by atoms with E-state index in [1.165, 1.54) is 0 Å². The molecule has 28 heavy (non-hydrogen) atoms. The fraction of sp³-hybridized carbons (Fsp3) is 0.167. The summed E-state index contributed by atoms with van der Waals surface area (Å²) in [6, 6.07) is 26.7. The van der Waals surface area contributed by atoms with Crippen molar-refractivity contribution in [3.05, 3.63) is 96.1 Å². The molecule has 142 valence electrons. The van der Waals surface area contributed by atoms with E-state index in [2.05, 4.69) is 10.6 Å². The average Bonchev–Trinajstić information content (AvgIpc) is 2.71. The number of carbonyl (C=O) groups excluding carboxylic acids is 2. The van der Waals surface area contributed by atoms with E-state index in [0.717, 1.165) is 23.2 Å². The SMILES string of the molecule is CCCC(=O)Nc1ccc(NC(=O)C(c2ccccc2)c2ccccc2)cc1. The van der Waals surface area contributed by atoms with Crippen LogP contribution in [0.25, 0.3) is 0 Å². The molecule has 0 saturated heterocycles. The Balaban J connectivity index is 1.76. The van der Waals surface area contributed by atoms with Crippen molar-refractivity contribution in [2.24, 2.45) is 0 Å². The summed E-state index contributed by atoms with van der Waals surface area (Å²) in [6.07, 6.45) is 1.30. The first-order valence-corrected chi connectivity index (χ1v) is 9.48. The van der Waals surface area contributed by atoms with Crippen LogP contribution >= 0.6 is 0 Å².